The number of hydrogen-bond acceptors (Lipinski definition) is 3. The van der Waals surface area contributed by atoms with E-state index in [1.165, 1.54) is 12.8 Å². The number of amides is 2. The number of carboxylic acids is 1. The molecule has 0 atom stereocenters. The molecule has 0 radical (unpaired) electrons. The third kappa shape index (κ3) is 4.09. The molecule has 1 aliphatic carbocycles. The minimum absolute atomic E-state index is 0.317. The molecule has 2 fully saturated rings. The van der Waals surface area contributed by atoms with Gasteiger partial charge in [0.05, 0.1) is 0 Å². The van der Waals surface area contributed by atoms with Crippen molar-refractivity contribution in [2.75, 3.05) is 19.8 Å². The van der Waals surface area contributed by atoms with Crippen molar-refractivity contribution in [1.29, 1.82) is 0 Å². The number of urea groups is 1. The molecular weight excluding hydrogens is 248 g/mol. The van der Waals surface area contributed by atoms with Crippen LogP contribution in [0.5, 0.6) is 0 Å². The van der Waals surface area contributed by atoms with Gasteiger partial charge in [0.1, 0.15) is 5.54 Å². The van der Waals surface area contributed by atoms with Crippen molar-refractivity contribution in [2.24, 2.45) is 5.92 Å². The minimum Gasteiger partial charge on any atom is -0.480 e. The zero-order chi connectivity index (χ0) is 13.7. The van der Waals surface area contributed by atoms with Gasteiger partial charge in [0.25, 0.3) is 0 Å². The first-order valence-electron chi connectivity index (χ1n) is 6.99. The van der Waals surface area contributed by atoms with Crippen LogP contribution in [0.2, 0.25) is 0 Å². The number of nitrogens with one attached hydrogen (secondary N) is 2. The van der Waals surface area contributed by atoms with Crippen molar-refractivity contribution in [1.82, 2.24) is 10.6 Å². The molecule has 2 amide bonds. The van der Waals surface area contributed by atoms with Crippen LogP contribution >= 0.6 is 0 Å². The molecule has 0 aromatic rings. The molecule has 1 saturated carbocycles. The van der Waals surface area contributed by atoms with Crippen molar-refractivity contribution in [3.05, 3.63) is 0 Å². The molecule has 0 aromatic heterocycles. The molecule has 1 aliphatic heterocycles. The quantitative estimate of drug-likeness (QED) is 0.631. The standard InChI is InChI=1S/C13H22N2O4/c16-11(17)13(5-8-19-9-6-13)15-12(18)14-7-1-2-10-3-4-10/h10H,1-9H2,(H,16,17)(H2,14,15,18). The van der Waals surface area contributed by atoms with E-state index >= 15 is 0 Å². The van der Waals surface area contributed by atoms with Gasteiger partial charge in [-0.3, -0.25) is 0 Å². The first-order valence-corrected chi connectivity index (χ1v) is 6.99. The summed E-state index contributed by atoms with van der Waals surface area (Å²) in [5, 5.41) is 14.6. The summed E-state index contributed by atoms with van der Waals surface area (Å²) in [6.07, 6.45) is 5.37. The molecule has 2 aliphatic rings. The Labute approximate surface area is 112 Å². The van der Waals surface area contributed by atoms with Gasteiger partial charge in [-0.15, -0.1) is 0 Å². The van der Waals surface area contributed by atoms with Gasteiger partial charge in [0, 0.05) is 32.6 Å². The maximum atomic E-state index is 11.8. The van der Waals surface area contributed by atoms with E-state index in [4.69, 9.17) is 4.74 Å². The van der Waals surface area contributed by atoms with Gasteiger partial charge in [0.2, 0.25) is 0 Å². The van der Waals surface area contributed by atoms with E-state index < -0.39 is 11.5 Å². The molecule has 3 N–H and O–H groups in total. The second-order valence-corrected chi connectivity index (χ2v) is 5.47. The Morgan fingerprint density at radius 3 is 2.53 bits per heavy atom. The van der Waals surface area contributed by atoms with Gasteiger partial charge in [0.15, 0.2) is 0 Å². The Kier molecular flexibility index (Phi) is 4.63. The Balaban J connectivity index is 1.72. The third-order valence-electron chi connectivity index (χ3n) is 3.88. The molecule has 108 valence electrons. The molecule has 0 aromatic carbocycles. The van der Waals surface area contributed by atoms with Crippen molar-refractivity contribution in [2.45, 2.75) is 44.1 Å². The normalized spacial score (nSPS) is 21.7. The summed E-state index contributed by atoms with van der Waals surface area (Å²) in [4.78, 5) is 23.1. The highest BCUT2D eigenvalue weighted by molar-refractivity contribution is 5.86. The molecule has 2 rings (SSSR count). The average Bonchev–Trinajstić information content (AvgIpc) is 3.20. The predicted octanol–water partition coefficient (Wildman–Crippen LogP) is 1.11. The van der Waals surface area contributed by atoms with Crippen LogP contribution in [-0.2, 0) is 9.53 Å². The lowest BCUT2D eigenvalue weighted by atomic mass is 9.90. The molecule has 1 heterocycles. The number of aliphatic carboxylic acids is 1. The van der Waals surface area contributed by atoms with E-state index in [1.807, 2.05) is 0 Å². The first kappa shape index (κ1) is 14.1. The van der Waals surface area contributed by atoms with Crippen molar-refractivity contribution in [3.63, 3.8) is 0 Å². The topological polar surface area (TPSA) is 87.7 Å². The zero-order valence-corrected chi connectivity index (χ0v) is 11.1. The van der Waals surface area contributed by atoms with E-state index in [9.17, 15) is 14.7 Å². The van der Waals surface area contributed by atoms with Gasteiger partial charge >= 0.3 is 12.0 Å². The largest absolute Gasteiger partial charge is 0.480 e. The maximum Gasteiger partial charge on any atom is 0.329 e. The summed E-state index contributed by atoms with van der Waals surface area (Å²) in [6.45, 7) is 1.34. The molecule has 6 nitrogen and oxygen atoms in total. The van der Waals surface area contributed by atoms with E-state index in [2.05, 4.69) is 10.6 Å². The Morgan fingerprint density at radius 2 is 1.95 bits per heavy atom. The Bertz CT molecular complexity index is 336. The lowest BCUT2D eigenvalue weighted by Gasteiger charge is -2.33. The number of carbonyl (C=O) groups is 2. The summed E-state index contributed by atoms with van der Waals surface area (Å²) < 4.78 is 5.15. The van der Waals surface area contributed by atoms with Gasteiger partial charge < -0.3 is 20.5 Å². The average molecular weight is 270 g/mol. The second-order valence-electron chi connectivity index (χ2n) is 5.47. The Morgan fingerprint density at radius 1 is 1.26 bits per heavy atom. The van der Waals surface area contributed by atoms with Gasteiger partial charge in [-0.25, -0.2) is 9.59 Å². The van der Waals surface area contributed by atoms with Crippen LogP contribution in [0.15, 0.2) is 0 Å². The SMILES string of the molecule is O=C(NCCCC1CC1)NC1(C(=O)O)CCOCC1. The first-order chi connectivity index (χ1) is 9.12. The summed E-state index contributed by atoms with van der Waals surface area (Å²) in [6, 6.07) is -0.389. The molecule has 0 unspecified atom stereocenters. The highest BCUT2D eigenvalue weighted by atomic mass is 16.5. The number of rotatable bonds is 6. The van der Waals surface area contributed by atoms with Gasteiger partial charge in [-0.1, -0.05) is 12.8 Å². The van der Waals surface area contributed by atoms with Gasteiger partial charge in [-0.2, -0.15) is 0 Å². The fraction of sp³-hybridized carbons (Fsp3) is 0.846. The Hall–Kier alpha value is -1.30. The molecule has 6 heteroatoms. The lowest BCUT2D eigenvalue weighted by molar-refractivity contribution is -0.148. The second kappa shape index (κ2) is 6.23. The van der Waals surface area contributed by atoms with E-state index in [0.717, 1.165) is 18.8 Å². The van der Waals surface area contributed by atoms with Crippen LogP contribution in [0.1, 0.15) is 38.5 Å². The monoisotopic (exact) mass is 270 g/mol. The van der Waals surface area contributed by atoms with Crippen LogP contribution < -0.4 is 10.6 Å². The van der Waals surface area contributed by atoms with Crippen LogP contribution in [0.3, 0.4) is 0 Å². The molecular formula is C13H22N2O4. The predicted molar refractivity (Wildman–Crippen MR) is 68.9 cm³/mol. The maximum absolute atomic E-state index is 11.8. The highest BCUT2D eigenvalue weighted by Gasteiger charge is 2.41. The van der Waals surface area contributed by atoms with Crippen molar-refractivity contribution >= 4 is 12.0 Å². The van der Waals surface area contributed by atoms with E-state index in [0.29, 0.717) is 32.6 Å². The van der Waals surface area contributed by atoms with Crippen molar-refractivity contribution < 1.29 is 19.4 Å². The number of ether oxygens (including phenoxy) is 1. The van der Waals surface area contributed by atoms with Crippen LogP contribution in [-0.4, -0.2) is 42.4 Å². The summed E-state index contributed by atoms with van der Waals surface area (Å²) in [7, 11) is 0. The summed E-state index contributed by atoms with van der Waals surface area (Å²) in [5.41, 5.74) is -1.17. The summed E-state index contributed by atoms with van der Waals surface area (Å²) in [5.74, 6) is -0.130. The molecule has 1 saturated heterocycles. The minimum atomic E-state index is -1.17. The smallest absolute Gasteiger partial charge is 0.329 e. The molecule has 0 bridgehead atoms. The van der Waals surface area contributed by atoms with Crippen LogP contribution in [0.25, 0.3) is 0 Å². The van der Waals surface area contributed by atoms with Crippen LogP contribution in [0, 0.1) is 5.92 Å². The number of carbonyl (C=O) groups excluding carboxylic acids is 1. The third-order valence-corrected chi connectivity index (χ3v) is 3.88. The lowest BCUT2D eigenvalue weighted by Crippen LogP contribution is -2.59. The molecule has 19 heavy (non-hydrogen) atoms. The van der Waals surface area contributed by atoms with E-state index in [-0.39, 0.29) is 6.03 Å². The zero-order valence-electron chi connectivity index (χ0n) is 11.1. The fourth-order valence-electron chi connectivity index (χ4n) is 2.37. The summed E-state index contributed by atoms with van der Waals surface area (Å²) >= 11 is 0. The van der Waals surface area contributed by atoms with Crippen molar-refractivity contribution in [3.8, 4) is 0 Å². The van der Waals surface area contributed by atoms with E-state index in [1.54, 1.807) is 0 Å². The number of carboxylic acid groups (broad SMARTS) is 1. The highest BCUT2D eigenvalue weighted by Crippen LogP contribution is 2.33. The number of hydrogen-bond donors (Lipinski definition) is 3. The van der Waals surface area contributed by atoms with Gasteiger partial charge in [-0.05, 0) is 18.8 Å². The van der Waals surface area contributed by atoms with Crippen LogP contribution in [0.4, 0.5) is 4.79 Å². The molecule has 0 spiro atoms. The fourth-order valence-corrected chi connectivity index (χ4v) is 2.37.